The zero-order valence-electron chi connectivity index (χ0n) is 17.1. The van der Waals surface area contributed by atoms with E-state index in [4.69, 9.17) is 14.2 Å². The van der Waals surface area contributed by atoms with Gasteiger partial charge in [0, 0.05) is 5.56 Å². The summed E-state index contributed by atoms with van der Waals surface area (Å²) < 4.78 is 17.2. The first-order chi connectivity index (χ1) is 13.7. The molecule has 0 unspecified atom stereocenters. The zero-order chi connectivity index (χ0) is 20.2. The Morgan fingerprint density at radius 3 is 2.18 bits per heavy atom. The van der Waals surface area contributed by atoms with Gasteiger partial charge in [-0.15, -0.1) is 0 Å². The highest BCUT2D eigenvalue weighted by atomic mass is 16.5. The first kappa shape index (κ1) is 21.5. The van der Waals surface area contributed by atoms with E-state index in [1.165, 1.54) is 0 Å². The highest BCUT2D eigenvalue weighted by molar-refractivity contribution is 6.08. The molecule has 2 rings (SSSR count). The molecule has 0 heterocycles. The van der Waals surface area contributed by atoms with Gasteiger partial charge in [0.05, 0.1) is 25.4 Å². The second-order valence-corrected chi connectivity index (χ2v) is 6.44. The van der Waals surface area contributed by atoms with Crippen molar-refractivity contribution in [2.75, 3.05) is 19.8 Å². The monoisotopic (exact) mass is 382 g/mol. The normalized spacial score (nSPS) is 10.8. The van der Waals surface area contributed by atoms with Crippen LogP contribution < -0.4 is 14.2 Å². The minimum absolute atomic E-state index is 0.104. The highest BCUT2D eigenvalue weighted by Crippen LogP contribution is 2.27. The lowest BCUT2D eigenvalue weighted by molar-refractivity contribution is 0.104. The molecule has 0 bridgehead atoms. The lowest BCUT2D eigenvalue weighted by Gasteiger charge is -2.11. The van der Waals surface area contributed by atoms with Gasteiger partial charge in [-0.05, 0) is 61.7 Å². The molecule has 0 N–H and O–H groups in total. The summed E-state index contributed by atoms with van der Waals surface area (Å²) in [5.41, 5.74) is 1.38. The van der Waals surface area contributed by atoms with Gasteiger partial charge in [0.2, 0.25) is 0 Å². The van der Waals surface area contributed by atoms with E-state index in [9.17, 15) is 4.79 Å². The fourth-order valence-electron chi connectivity index (χ4n) is 2.57. The number of carbonyl (C=O) groups is 1. The van der Waals surface area contributed by atoms with Crippen LogP contribution in [-0.4, -0.2) is 25.6 Å². The second-order valence-electron chi connectivity index (χ2n) is 6.44. The van der Waals surface area contributed by atoms with Crippen LogP contribution in [0.4, 0.5) is 0 Å². The molecule has 0 aliphatic carbocycles. The van der Waals surface area contributed by atoms with Gasteiger partial charge in [-0.1, -0.05) is 32.9 Å². The molecular weight excluding hydrogens is 352 g/mol. The minimum Gasteiger partial charge on any atom is -0.494 e. The second kappa shape index (κ2) is 11.9. The van der Waals surface area contributed by atoms with Crippen molar-refractivity contribution in [3.8, 4) is 17.2 Å². The van der Waals surface area contributed by atoms with Crippen molar-refractivity contribution in [3.63, 3.8) is 0 Å². The molecule has 2 aromatic carbocycles. The van der Waals surface area contributed by atoms with Crippen molar-refractivity contribution in [3.05, 3.63) is 59.7 Å². The van der Waals surface area contributed by atoms with Crippen molar-refractivity contribution in [2.45, 2.75) is 40.0 Å². The number of rotatable bonds is 12. The molecule has 0 saturated carbocycles. The van der Waals surface area contributed by atoms with Gasteiger partial charge in [-0.3, -0.25) is 4.79 Å². The number of benzene rings is 2. The van der Waals surface area contributed by atoms with E-state index >= 15 is 0 Å². The summed E-state index contributed by atoms with van der Waals surface area (Å²) in [7, 11) is 0. The average molecular weight is 383 g/mol. The molecule has 0 spiro atoms. The Hall–Kier alpha value is -2.75. The first-order valence-electron chi connectivity index (χ1n) is 10.0. The Morgan fingerprint density at radius 2 is 1.46 bits per heavy atom. The van der Waals surface area contributed by atoms with E-state index in [0.29, 0.717) is 31.1 Å². The molecule has 0 atom stereocenters. The molecule has 0 radical (unpaired) electrons. The lowest BCUT2D eigenvalue weighted by atomic mass is 10.1. The quantitative estimate of drug-likeness (QED) is 0.336. The van der Waals surface area contributed by atoms with E-state index in [2.05, 4.69) is 13.8 Å². The smallest absolute Gasteiger partial charge is 0.189 e. The van der Waals surface area contributed by atoms with Crippen molar-refractivity contribution in [1.29, 1.82) is 0 Å². The van der Waals surface area contributed by atoms with Crippen LogP contribution in [0.5, 0.6) is 17.2 Å². The molecule has 0 amide bonds. The van der Waals surface area contributed by atoms with Crippen molar-refractivity contribution in [2.24, 2.45) is 0 Å². The number of carbonyl (C=O) groups excluding carboxylic acids is 1. The third-order valence-electron chi connectivity index (χ3n) is 3.94. The van der Waals surface area contributed by atoms with Crippen molar-refractivity contribution in [1.82, 2.24) is 0 Å². The Kier molecular flexibility index (Phi) is 9.13. The molecule has 0 fully saturated rings. The highest BCUT2D eigenvalue weighted by Gasteiger charge is 2.10. The molecule has 0 aliphatic rings. The third-order valence-corrected chi connectivity index (χ3v) is 3.94. The Bertz CT molecular complexity index is 780. The number of hydrogen-bond acceptors (Lipinski definition) is 4. The van der Waals surface area contributed by atoms with Crippen LogP contribution in [0.15, 0.2) is 48.5 Å². The number of ketones is 1. The molecular formula is C24H30O4. The minimum atomic E-state index is -0.104. The molecule has 28 heavy (non-hydrogen) atoms. The van der Waals surface area contributed by atoms with E-state index < -0.39 is 0 Å². The van der Waals surface area contributed by atoms with Crippen LogP contribution in [-0.2, 0) is 0 Å². The molecule has 4 heteroatoms. The summed E-state index contributed by atoms with van der Waals surface area (Å²) in [6, 6.07) is 13.0. The van der Waals surface area contributed by atoms with E-state index in [1.54, 1.807) is 18.2 Å². The van der Waals surface area contributed by atoms with Gasteiger partial charge in [0.1, 0.15) is 17.2 Å². The topological polar surface area (TPSA) is 44.8 Å². The van der Waals surface area contributed by atoms with Crippen LogP contribution in [0.25, 0.3) is 6.08 Å². The fourth-order valence-corrected chi connectivity index (χ4v) is 2.57. The molecule has 4 nitrogen and oxygen atoms in total. The molecule has 0 saturated heterocycles. The van der Waals surface area contributed by atoms with Crippen LogP contribution in [0.1, 0.15) is 56.0 Å². The number of hydrogen-bond donors (Lipinski definition) is 0. The number of para-hydroxylation sites is 1. The summed E-state index contributed by atoms with van der Waals surface area (Å²) in [5.74, 6) is 2.02. The maximum atomic E-state index is 12.7. The van der Waals surface area contributed by atoms with Crippen molar-refractivity contribution >= 4 is 11.9 Å². The van der Waals surface area contributed by atoms with Crippen LogP contribution in [0, 0.1) is 0 Å². The predicted molar refractivity (Wildman–Crippen MR) is 114 cm³/mol. The van der Waals surface area contributed by atoms with Crippen molar-refractivity contribution < 1.29 is 19.0 Å². The van der Waals surface area contributed by atoms with E-state index in [-0.39, 0.29) is 5.78 Å². The summed E-state index contributed by atoms with van der Waals surface area (Å²) in [4.78, 5) is 12.7. The number of ether oxygens (including phenoxy) is 3. The standard InChI is InChI=1S/C24H30O4/c1-4-15-26-20-12-14-23(27-16-5-2)19(18-20)11-13-22(25)21-9-7-8-10-24(21)28-17-6-3/h7-14,18H,4-6,15-17H2,1-3H3/b13-11+. The van der Waals surface area contributed by atoms with Gasteiger partial charge in [0.15, 0.2) is 5.78 Å². The largest absolute Gasteiger partial charge is 0.494 e. The number of allylic oxidation sites excluding steroid dienone is 1. The molecule has 0 aliphatic heterocycles. The Morgan fingerprint density at radius 1 is 0.821 bits per heavy atom. The molecule has 2 aromatic rings. The molecule has 150 valence electrons. The first-order valence-corrected chi connectivity index (χ1v) is 10.0. The van der Waals surface area contributed by atoms with Gasteiger partial charge < -0.3 is 14.2 Å². The Balaban J connectivity index is 2.24. The SMILES string of the molecule is CCCOc1ccc(OCCC)c(/C=C/C(=O)c2ccccc2OCCC)c1. The average Bonchev–Trinajstić information content (AvgIpc) is 2.73. The molecule has 0 aromatic heterocycles. The third kappa shape index (κ3) is 6.45. The van der Waals surface area contributed by atoms with Gasteiger partial charge in [-0.2, -0.15) is 0 Å². The van der Waals surface area contributed by atoms with Gasteiger partial charge in [-0.25, -0.2) is 0 Å². The van der Waals surface area contributed by atoms with E-state index in [1.807, 2.05) is 43.3 Å². The van der Waals surface area contributed by atoms with Gasteiger partial charge >= 0.3 is 0 Å². The van der Waals surface area contributed by atoms with Gasteiger partial charge in [0.25, 0.3) is 0 Å². The predicted octanol–water partition coefficient (Wildman–Crippen LogP) is 5.95. The lowest BCUT2D eigenvalue weighted by Crippen LogP contribution is -2.03. The summed E-state index contributed by atoms with van der Waals surface area (Å²) in [6.45, 7) is 8.02. The summed E-state index contributed by atoms with van der Waals surface area (Å²) >= 11 is 0. The zero-order valence-corrected chi connectivity index (χ0v) is 17.1. The summed E-state index contributed by atoms with van der Waals surface area (Å²) in [5, 5.41) is 0. The maximum Gasteiger partial charge on any atom is 0.189 e. The van der Waals surface area contributed by atoms with Crippen LogP contribution in [0.2, 0.25) is 0 Å². The summed E-state index contributed by atoms with van der Waals surface area (Å²) in [6.07, 6.45) is 6.08. The Labute approximate surface area is 168 Å². The maximum absolute atomic E-state index is 12.7. The van der Waals surface area contributed by atoms with E-state index in [0.717, 1.165) is 36.3 Å². The van der Waals surface area contributed by atoms with Crippen LogP contribution in [0.3, 0.4) is 0 Å². The fraction of sp³-hybridized carbons (Fsp3) is 0.375. The van der Waals surface area contributed by atoms with Crippen LogP contribution >= 0.6 is 0 Å².